The number of anilines is 1. The molecule has 0 aromatic heterocycles. The molecule has 0 fully saturated rings. The summed E-state index contributed by atoms with van der Waals surface area (Å²) in [6.07, 6.45) is 0. The number of hydrogen-bond acceptors (Lipinski definition) is 2. The largest absolute Gasteiger partial charge is 0.433 e. The molecule has 3 heteroatoms. The summed E-state index contributed by atoms with van der Waals surface area (Å²) in [5.74, 6) is 0. The number of para-hydroxylation sites is 1. The third-order valence-corrected chi connectivity index (χ3v) is 2.64. The van der Waals surface area contributed by atoms with Crippen molar-refractivity contribution in [3.63, 3.8) is 0 Å². The Balaban J connectivity index is 1.63. The average Bonchev–Trinajstić information content (AvgIpc) is 2.42. The van der Waals surface area contributed by atoms with Gasteiger partial charge in [0.1, 0.15) is 0 Å². The lowest BCUT2D eigenvalue weighted by Gasteiger charge is -2.07. The Morgan fingerprint density at radius 1 is 1.00 bits per heavy atom. The maximum Gasteiger partial charge on any atom is 0.308 e. The van der Waals surface area contributed by atoms with E-state index < -0.39 is 0 Å². The Hall–Kier alpha value is -1.74. The van der Waals surface area contributed by atoms with Crippen molar-refractivity contribution < 1.29 is 4.65 Å². The van der Waals surface area contributed by atoms with E-state index >= 15 is 0 Å². The van der Waals surface area contributed by atoms with Crippen molar-refractivity contribution in [3.8, 4) is 0 Å². The number of hydrogen-bond donors (Lipinski definition) is 1. The van der Waals surface area contributed by atoms with Gasteiger partial charge in [-0.25, -0.2) is 0 Å². The molecule has 0 aliphatic carbocycles. The van der Waals surface area contributed by atoms with Crippen LogP contribution in [0.2, 0.25) is 0 Å². The lowest BCUT2D eigenvalue weighted by atomic mass is 9.88. The van der Waals surface area contributed by atoms with E-state index in [1.54, 1.807) is 0 Å². The van der Waals surface area contributed by atoms with Gasteiger partial charge in [-0.2, -0.15) is 0 Å². The molecule has 0 heterocycles. The average molecular weight is 238 g/mol. The topological polar surface area (TPSA) is 21.3 Å². The van der Waals surface area contributed by atoms with Gasteiger partial charge in [0.2, 0.25) is 0 Å². The van der Waals surface area contributed by atoms with Gasteiger partial charge in [0.25, 0.3) is 0 Å². The van der Waals surface area contributed by atoms with Crippen LogP contribution in [-0.2, 0) is 4.65 Å². The Kier molecular flexibility index (Phi) is 4.85. The van der Waals surface area contributed by atoms with E-state index in [9.17, 15) is 0 Å². The molecule has 0 bridgehead atoms. The third-order valence-electron chi connectivity index (χ3n) is 2.64. The summed E-state index contributed by atoms with van der Waals surface area (Å²) in [6.45, 7) is 5.37. The van der Waals surface area contributed by atoms with Crippen molar-refractivity contribution >= 4 is 18.6 Å². The van der Waals surface area contributed by atoms with Gasteiger partial charge >= 0.3 is 7.48 Å². The summed E-state index contributed by atoms with van der Waals surface area (Å²) in [5.41, 5.74) is 3.34. The summed E-state index contributed by atoms with van der Waals surface area (Å²) in [4.78, 5) is 0. The van der Waals surface area contributed by atoms with Crippen molar-refractivity contribution in [2.75, 3.05) is 18.5 Å². The van der Waals surface area contributed by atoms with Crippen LogP contribution in [0, 0.1) is 6.92 Å². The number of nitrogens with one attached hydrogen (secondary N) is 1. The smallest absolute Gasteiger partial charge is 0.308 e. The van der Waals surface area contributed by atoms with Gasteiger partial charge < -0.3 is 9.97 Å². The minimum Gasteiger partial charge on any atom is -0.433 e. The molecule has 0 saturated carbocycles. The molecule has 0 amide bonds. The lowest BCUT2D eigenvalue weighted by Crippen LogP contribution is -2.20. The minimum atomic E-state index is 0.650. The number of rotatable bonds is 6. The molecule has 1 N–H and O–H groups in total. The molecular weight excluding hydrogens is 221 g/mol. The fourth-order valence-electron chi connectivity index (χ4n) is 1.65. The molecule has 2 aromatic carbocycles. The van der Waals surface area contributed by atoms with Gasteiger partial charge in [0.05, 0.1) is 0 Å². The second-order valence-electron chi connectivity index (χ2n) is 4.16. The fraction of sp³-hybridized carbons (Fsp3) is 0.133. The second-order valence-corrected chi connectivity index (χ2v) is 4.16. The molecule has 2 nitrogen and oxygen atoms in total. The van der Waals surface area contributed by atoms with Crippen molar-refractivity contribution in [2.24, 2.45) is 0 Å². The molecule has 0 saturated heterocycles. The first-order valence-electron chi connectivity index (χ1n) is 6.12. The molecule has 1 radical (unpaired) electrons. The van der Waals surface area contributed by atoms with Gasteiger partial charge in [-0.3, -0.25) is 0 Å². The SMILES string of the molecule is [CH2]c1ccc(BOCCNc2ccccc2)cc1. The van der Waals surface area contributed by atoms with E-state index in [0.29, 0.717) is 14.1 Å². The van der Waals surface area contributed by atoms with E-state index in [2.05, 4.69) is 12.2 Å². The summed E-state index contributed by atoms with van der Waals surface area (Å²) in [7, 11) is 0.650. The van der Waals surface area contributed by atoms with Crippen LogP contribution in [0.25, 0.3) is 0 Å². The van der Waals surface area contributed by atoms with Crippen molar-refractivity contribution in [1.82, 2.24) is 0 Å². The standard InChI is InChI=1S/C15H17BNO/c1-13-7-9-14(10-8-13)16-18-12-11-17-15-5-3-2-4-6-15/h2-10,16-17H,1,11-12H2. The van der Waals surface area contributed by atoms with Crippen LogP contribution in [0.3, 0.4) is 0 Å². The molecule has 91 valence electrons. The van der Waals surface area contributed by atoms with Crippen LogP contribution >= 0.6 is 0 Å². The van der Waals surface area contributed by atoms with Crippen molar-refractivity contribution in [3.05, 3.63) is 67.1 Å². The highest BCUT2D eigenvalue weighted by atomic mass is 16.4. The monoisotopic (exact) mass is 238 g/mol. The Labute approximate surface area is 109 Å². The normalized spacial score (nSPS) is 10.1. The van der Waals surface area contributed by atoms with Gasteiger partial charge in [0, 0.05) is 18.8 Å². The fourth-order valence-corrected chi connectivity index (χ4v) is 1.65. The minimum absolute atomic E-state index is 0.650. The summed E-state index contributed by atoms with van der Waals surface area (Å²) in [6, 6.07) is 18.2. The van der Waals surface area contributed by atoms with Crippen molar-refractivity contribution in [2.45, 2.75) is 0 Å². The van der Waals surface area contributed by atoms with Gasteiger partial charge in [-0.1, -0.05) is 47.9 Å². The van der Waals surface area contributed by atoms with E-state index in [1.807, 2.05) is 54.6 Å². The number of benzene rings is 2. The van der Waals surface area contributed by atoms with Crippen molar-refractivity contribution in [1.29, 1.82) is 0 Å². The third kappa shape index (κ3) is 4.26. The zero-order chi connectivity index (χ0) is 12.6. The highest BCUT2D eigenvalue weighted by Crippen LogP contribution is 2.03. The Bertz CT molecular complexity index is 456. The molecule has 0 aliphatic rings. The predicted octanol–water partition coefficient (Wildman–Crippen LogP) is 1.97. The molecule has 0 spiro atoms. The zero-order valence-corrected chi connectivity index (χ0v) is 10.4. The lowest BCUT2D eigenvalue weighted by molar-refractivity contribution is 0.359. The van der Waals surface area contributed by atoms with E-state index in [-0.39, 0.29) is 0 Å². The van der Waals surface area contributed by atoms with Crippen LogP contribution in [0.5, 0.6) is 0 Å². The van der Waals surface area contributed by atoms with Crippen LogP contribution in [0.4, 0.5) is 5.69 Å². The molecule has 0 unspecified atom stereocenters. The molecule has 2 aromatic rings. The Morgan fingerprint density at radius 2 is 1.72 bits per heavy atom. The zero-order valence-electron chi connectivity index (χ0n) is 10.4. The van der Waals surface area contributed by atoms with Crippen LogP contribution in [-0.4, -0.2) is 20.6 Å². The second kappa shape index (κ2) is 6.87. The van der Waals surface area contributed by atoms with Crippen LogP contribution in [0.15, 0.2) is 54.6 Å². The molecule has 18 heavy (non-hydrogen) atoms. The van der Waals surface area contributed by atoms with E-state index in [1.165, 1.54) is 5.46 Å². The first-order chi connectivity index (χ1) is 8.84. The maximum absolute atomic E-state index is 5.60. The Morgan fingerprint density at radius 3 is 2.44 bits per heavy atom. The first-order valence-corrected chi connectivity index (χ1v) is 6.12. The summed E-state index contributed by atoms with van der Waals surface area (Å²) >= 11 is 0. The molecule has 0 aliphatic heterocycles. The predicted molar refractivity (Wildman–Crippen MR) is 78.6 cm³/mol. The van der Waals surface area contributed by atoms with Gasteiger partial charge in [-0.05, 0) is 24.6 Å². The van der Waals surface area contributed by atoms with Gasteiger partial charge in [0.15, 0.2) is 0 Å². The summed E-state index contributed by atoms with van der Waals surface area (Å²) < 4.78 is 5.60. The van der Waals surface area contributed by atoms with Crippen LogP contribution in [0.1, 0.15) is 5.56 Å². The molecule has 2 rings (SSSR count). The summed E-state index contributed by atoms with van der Waals surface area (Å²) in [5, 5.41) is 3.31. The van der Waals surface area contributed by atoms with Crippen LogP contribution < -0.4 is 10.8 Å². The van der Waals surface area contributed by atoms with Gasteiger partial charge in [-0.15, -0.1) is 0 Å². The van der Waals surface area contributed by atoms with E-state index in [0.717, 1.165) is 17.8 Å². The molecular formula is C15H17BNO. The first kappa shape index (κ1) is 12.7. The quantitative estimate of drug-likeness (QED) is 0.613. The molecule has 0 atom stereocenters. The highest BCUT2D eigenvalue weighted by Gasteiger charge is 1.96. The maximum atomic E-state index is 5.60. The van der Waals surface area contributed by atoms with E-state index in [4.69, 9.17) is 4.65 Å². The highest BCUT2D eigenvalue weighted by molar-refractivity contribution is 6.46.